The summed E-state index contributed by atoms with van der Waals surface area (Å²) in [6, 6.07) is 14.4. The summed E-state index contributed by atoms with van der Waals surface area (Å²) in [6.07, 6.45) is 5.33. The second-order valence-electron chi connectivity index (χ2n) is 6.39. The van der Waals surface area contributed by atoms with Gasteiger partial charge in [-0.15, -0.1) is 0 Å². The number of guanidine groups is 1. The van der Waals surface area contributed by atoms with Gasteiger partial charge in [0, 0.05) is 11.9 Å². The molecule has 3 N–H and O–H groups in total. The van der Waals surface area contributed by atoms with E-state index in [1.165, 1.54) is 29.7 Å². The molecule has 0 atom stereocenters. The van der Waals surface area contributed by atoms with E-state index in [0.29, 0.717) is 12.5 Å². The lowest BCUT2D eigenvalue weighted by atomic mass is 10.1. The number of aryl methyl sites for hydroxylation is 2. The lowest BCUT2D eigenvalue weighted by Crippen LogP contribution is -2.22. The van der Waals surface area contributed by atoms with Crippen molar-refractivity contribution in [3.05, 3.63) is 77.4 Å². The summed E-state index contributed by atoms with van der Waals surface area (Å²) in [4.78, 5) is 4.35. The molecule has 1 aliphatic rings. The van der Waals surface area contributed by atoms with E-state index >= 15 is 0 Å². The van der Waals surface area contributed by atoms with Crippen LogP contribution in [0.3, 0.4) is 0 Å². The molecule has 0 fully saturated rings. The third-order valence-electron chi connectivity index (χ3n) is 4.52. The molecule has 0 spiro atoms. The van der Waals surface area contributed by atoms with Gasteiger partial charge in [0.1, 0.15) is 5.82 Å². The van der Waals surface area contributed by atoms with Crippen molar-refractivity contribution in [2.24, 2.45) is 10.7 Å². The third kappa shape index (κ3) is 3.59. The maximum Gasteiger partial charge on any atom is 0.193 e. The minimum absolute atomic E-state index is 0.267. The Kier molecular flexibility index (Phi) is 4.39. The van der Waals surface area contributed by atoms with Crippen LogP contribution in [0.4, 0.5) is 10.1 Å². The molecule has 3 aromatic rings. The van der Waals surface area contributed by atoms with Gasteiger partial charge in [0.15, 0.2) is 5.96 Å². The van der Waals surface area contributed by atoms with Crippen LogP contribution in [0, 0.1) is 5.82 Å². The van der Waals surface area contributed by atoms with Gasteiger partial charge in [-0.3, -0.25) is 0 Å². The first-order valence-corrected chi connectivity index (χ1v) is 8.66. The molecule has 132 valence electrons. The number of hydrogen-bond acceptors (Lipinski definition) is 2. The van der Waals surface area contributed by atoms with Gasteiger partial charge in [-0.25, -0.2) is 14.1 Å². The van der Waals surface area contributed by atoms with Crippen LogP contribution >= 0.6 is 0 Å². The molecule has 0 radical (unpaired) electrons. The summed E-state index contributed by atoms with van der Waals surface area (Å²) in [5.74, 6) is 0.0930. The minimum atomic E-state index is -0.267. The predicted octanol–water partition coefficient (Wildman–Crippen LogP) is 3.43. The number of fused-ring (bicyclic) bond motifs is 1. The van der Waals surface area contributed by atoms with Crippen LogP contribution in [0.5, 0.6) is 0 Å². The number of anilines is 1. The van der Waals surface area contributed by atoms with Gasteiger partial charge in [0.25, 0.3) is 0 Å². The highest BCUT2D eigenvalue weighted by atomic mass is 19.1. The highest BCUT2D eigenvalue weighted by Crippen LogP contribution is 2.24. The number of nitrogens with one attached hydrogen (secondary N) is 1. The molecule has 0 bridgehead atoms. The Morgan fingerprint density at radius 1 is 1.12 bits per heavy atom. The zero-order chi connectivity index (χ0) is 17.9. The lowest BCUT2D eigenvalue weighted by Gasteiger charge is -2.07. The van der Waals surface area contributed by atoms with E-state index in [0.717, 1.165) is 29.9 Å². The third-order valence-corrected chi connectivity index (χ3v) is 4.52. The fraction of sp³-hybridized carbons (Fsp3) is 0.200. The van der Waals surface area contributed by atoms with Gasteiger partial charge >= 0.3 is 0 Å². The van der Waals surface area contributed by atoms with Gasteiger partial charge in [-0.05, 0) is 72.9 Å². The number of nitrogens with zero attached hydrogens (tertiary/aromatic N) is 3. The van der Waals surface area contributed by atoms with Gasteiger partial charge < -0.3 is 11.1 Å². The summed E-state index contributed by atoms with van der Waals surface area (Å²) in [7, 11) is 0. The number of hydrogen-bond donors (Lipinski definition) is 2. The summed E-state index contributed by atoms with van der Waals surface area (Å²) in [5, 5.41) is 7.58. The first-order valence-electron chi connectivity index (χ1n) is 8.66. The van der Waals surface area contributed by atoms with Crippen LogP contribution in [0.1, 0.15) is 23.2 Å². The molecular weight excluding hydrogens is 329 g/mol. The molecule has 5 nitrogen and oxygen atoms in total. The Balaban J connectivity index is 1.40. The van der Waals surface area contributed by atoms with Gasteiger partial charge in [0.05, 0.1) is 17.9 Å². The van der Waals surface area contributed by atoms with Crippen molar-refractivity contribution in [1.82, 2.24) is 9.78 Å². The van der Waals surface area contributed by atoms with Gasteiger partial charge in [0.2, 0.25) is 0 Å². The molecule has 0 saturated carbocycles. The number of nitrogens with two attached hydrogens (primary N) is 1. The molecule has 26 heavy (non-hydrogen) atoms. The molecule has 0 amide bonds. The second kappa shape index (κ2) is 7.00. The molecular formula is C20H20FN5. The first kappa shape index (κ1) is 16.3. The van der Waals surface area contributed by atoms with E-state index < -0.39 is 0 Å². The number of aliphatic imine (C=N–C) groups is 1. The van der Waals surface area contributed by atoms with Crippen LogP contribution in [0.25, 0.3) is 5.69 Å². The Labute approximate surface area is 151 Å². The minimum Gasteiger partial charge on any atom is -0.370 e. The van der Waals surface area contributed by atoms with Crippen LogP contribution in [0.2, 0.25) is 0 Å². The number of benzene rings is 2. The summed E-state index contributed by atoms with van der Waals surface area (Å²) in [6.45, 7) is 0.373. The van der Waals surface area contributed by atoms with Crippen LogP contribution in [-0.4, -0.2) is 15.7 Å². The topological polar surface area (TPSA) is 68.2 Å². The van der Waals surface area contributed by atoms with E-state index in [1.54, 1.807) is 16.8 Å². The number of halogens is 1. The van der Waals surface area contributed by atoms with Crippen LogP contribution in [-0.2, 0) is 19.4 Å². The monoisotopic (exact) mass is 349 g/mol. The maximum absolute atomic E-state index is 13.0. The number of aromatic nitrogens is 2. The Morgan fingerprint density at radius 2 is 1.92 bits per heavy atom. The SMILES string of the molecule is NC(=NCc1ccn(-c2ccc(F)cc2)n1)Nc1ccc2c(c1)CCC2. The molecule has 0 aliphatic heterocycles. The summed E-state index contributed by atoms with van der Waals surface area (Å²) >= 11 is 0. The summed E-state index contributed by atoms with van der Waals surface area (Å²) in [5.41, 5.74) is 11.4. The van der Waals surface area contributed by atoms with Crippen molar-refractivity contribution in [2.75, 3.05) is 5.32 Å². The normalized spacial score (nSPS) is 13.7. The zero-order valence-electron chi connectivity index (χ0n) is 14.3. The second-order valence-corrected chi connectivity index (χ2v) is 6.39. The first-order chi connectivity index (χ1) is 12.7. The molecule has 1 aromatic heterocycles. The standard InChI is InChI=1S/C20H20FN5/c21-16-5-8-19(9-6-16)26-11-10-18(25-26)13-23-20(22)24-17-7-4-14-2-1-3-15(14)12-17/h4-12H,1-3,13H2,(H3,22,23,24). The molecule has 4 rings (SSSR count). The van der Waals surface area contributed by atoms with Crippen molar-refractivity contribution in [2.45, 2.75) is 25.8 Å². The van der Waals surface area contributed by atoms with Crippen LogP contribution in [0.15, 0.2) is 59.7 Å². The van der Waals surface area contributed by atoms with Gasteiger partial charge in [-0.1, -0.05) is 6.07 Å². The average Bonchev–Trinajstić information content (AvgIpc) is 3.29. The molecule has 0 saturated heterocycles. The van der Waals surface area contributed by atoms with Crippen LogP contribution < -0.4 is 11.1 Å². The van der Waals surface area contributed by atoms with Crippen molar-refractivity contribution in [1.29, 1.82) is 0 Å². The fourth-order valence-corrected chi connectivity index (χ4v) is 3.19. The largest absolute Gasteiger partial charge is 0.370 e. The van der Waals surface area contributed by atoms with E-state index in [9.17, 15) is 4.39 Å². The van der Waals surface area contributed by atoms with Crippen molar-refractivity contribution in [3.8, 4) is 5.69 Å². The fourth-order valence-electron chi connectivity index (χ4n) is 3.19. The molecule has 2 aromatic carbocycles. The van der Waals surface area contributed by atoms with E-state index in [4.69, 9.17) is 5.73 Å². The quantitative estimate of drug-likeness (QED) is 0.560. The molecule has 1 aliphatic carbocycles. The lowest BCUT2D eigenvalue weighted by molar-refractivity contribution is 0.627. The van der Waals surface area contributed by atoms with Crippen molar-refractivity contribution >= 4 is 11.6 Å². The Hall–Kier alpha value is -3.15. The number of rotatable bonds is 4. The van der Waals surface area contributed by atoms with Crippen molar-refractivity contribution < 1.29 is 4.39 Å². The summed E-state index contributed by atoms with van der Waals surface area (Å²) < 4.78 is 14.7. The smallest absolute Gasteiger partial charge is 0.193 e. The highest BCUT2D eigenvalue weighted by Gasteiger charge is 2.11. The van der Waals surface area contributed by atoms with E-state index in [1.807, 2.05) is 18.3 Å². The molecule has 6 heteroatoms. The Bertz CT molecular complexity index is 943. The van der Waals surface area contributed by atoms with Gasteiger partial charge in [-0.2, -0.15) is 5.10 Å². The van der Waals surface area contributed by atoms with Crippen molar-refractivity contribution in [3.63, 3.8) is 0 Å². The van der Waals surface area contributed by atoms with E-state index in [2.05, 4.69) is 27.5 Å². The average molecular weight is 349 g/mol. The van der Waals surface area contributed by atoms with E-state index in [-0.39, 0.29) is 5.82 Å². The predicted molar refractivity (Wildman–Crippen MR) is 101 cm³/mol. The molecule has 1 heterocycles. The molecule has 0 unspecified atom stereocenters. The Morgan fingerprint density at radius 3 is 2.77 bits per heavy atom. The highest BCUT2D eigenvalue weighted by molar-refractivity contribution is 5.92. The zero-order valence-corrected chi connectivity index (χ0v) is 14.3. The maximum atomic E-state index is 13.0.